The zero-order valence-electron chi connectivity index (χ0n) is 17.4. The summed E-state index contributed by atoms with van der Waals surface area (Å²) in [7, 11) is 0. The quantitative estimate of drug-likeness (QED) is 0.635. The molecule has 2 saturated heterocycles. The van der Waals surface area contributed by atoms with E-state index < -0.39 is 11.5 Å². The summed E-state index contributed by atoms with van der Waals surface area (Å²) >= 11 is 3.53. The van der Waals surface area contributed by atoms with Crippen LogP contribution in [0.3, 0.4) is 0 Å². The fourth-order valence-electron chi connectivity index (χ4n) is 3.72. The number of nitrogens with zero attached hydrogens (tertiary/aromatic N) is 3. The number of piperidine rings is 1. The summed E-state index contributed by atoms with van der Waals surface area (Å²) in [6, 6.07) is 6.15. The minimum atomic E-state index is -2.53. The molecule has 0 unspecified atom stereocenters. The van der Waals surface area contributed by atoms with Gasteiger partial charge in [-0.2, -0.15) is 0 Å². The van der Waals surface area contributed by atoms with Crippen molar-refractivity contribution in [2.45, 2.75) is 51.7 Å². The molecule has 0 atom stereocenters. The Kier molecular flexibility index (Phi) is 6.73. The second-order valence-electron chi connectivity index (χ2n) is 8.86. The lowest BCUT2D eigenvalue weighted by atomic mass is 10.0. The SMILES string of the molecule is CC(C)(C)OC(=O)N1CCN(c2ccc(Br)cc2CN2CCC(F)(F)CC2)CC1. The van der Waals surface area contributed by atoms with Crippen LogP contribution in [0.4, 0.5) is 19.3 Å². The lowest BCUT2D eigenvalue weighted by Gasteiger charge is -2.38. The van der Waals surface area contributed by atoms with Gasteiger partial charge in [-0.05, 0) is 44.5 Å². The normalized spacial score (nSPS) is 20.6. The van der Waals surface area contributed by atoms with E-state index in [0.29, 0.717) is 45.8 Å². The Bertz CT molecular complexity index is 721. The van der Waals surface area contributed by atoms with Crippen LogP contribution in [0.2, 0.25) is 0 Å². The highest BCUT2D eigenvalue weighted by molar-refractivity contribution is 9.10. The number of benzene rings is 1. The molecule has 0 radical (unpaired) electrons. The number of carbonyl (C=O) groups is 1. The minimum absolute atomic E-state index is 0.0785. The van der Waals surface area contributed by atoms with Gasteiger partial charge in [-0.15, -0.1) is 0 Å². The van der Waals surface area contributed by atoms with Crippen molar-refractivity contribution >= 4 is 27.7 Å². The van der Waals surface area contributed by atoms with Gasteiger partial charge in [0.2, 0.25) is 0 Å². The number of hydrogen-bond donors (Lipinski definition) is 0. The fraction of sp³-hybridized carbons (Fsp3) is 0.667. The maximum atomic E-state index is 13.5. The molecule has 3 rings (SSSR count). The van der Waals surface area contributed by atoms with E-state index >= 15 is 0 Å². The number of anilines is 1. The number of halogens is 3. The Morgan fingerprint density at radius 2 is 1.72 bits per heavy atom. The molecule has 0 N–H and O–H groups in total. The van der Waals surface area contributed by atoms with Crippen molar-refractivity contribution in [3.63, 3.8) is 0 Å². The lowest BCUT2D eigenvalue weighted by molar-refractivity contribution is -0.0566. The number of hydrogen-bond acceptors (Lipinski definition) is 4. The summed E-state index contributed by atoms with van der Waals surface area (Å²) in [5, 5.41) is 0. The van der Waals surface area contributed by atoms with E-state index in [1.807, 2.05) is 26.8 Å². The standard InChI is InChI=1S/C21H30BrF2N3O2/c1-20(2,3)29-19(28)27-12-10-26(11-13-27)18-5-4-17(22)14-16(18)15-25-8-6-21(23,24)7-9-25/h4-5,14H,6-13,15H2,1-3H3. The lowest BCUT2D eigenvalue weighted by Crippen LogP contribution is -2.50. The third-order valence-electron chi connectivity index (χ3n) is 5.30. The molecule has 0 saturated carbocycles. The predicted octanol–water partition coefficient (Wildman–Crippen LogP) is 4.74. The molecular formula is C21H30BrF2N3O2. The first-order valence-corrected chi connectivity index (χ1v) is 10.9. The Hall–Kier alpha value is -1.41. The molecule has 2 aliphatic rings. The molecule has 0 spiro atoms. The van der Waals surface area contributed by atoms with E-state index in [1.165, 1.54) is 0 Å². The zero-order valence-corrected chi connectivity index (χ0v) is 19.0. The van der Waals surface area contributed by atoms with Crippen LogP contribution in [0.25, 0.3) is 0 Å². The summed E-state index contributed by atoms with van der Waals surface area (Å²) in [6.45, 7) is 9.69. The Morgan fingerprint density at radius 3 is 2.31 bits per heavy atom. The van der Waals surface area contributed by atoms with Gasteiger partial charge in [0.15, 0.2) is 0 Å². The van der Waals surface area contributed by atoms with Crippen molar-refractivity contribution in [2.75, 3.05) is 44.2 Å². The molecule has 0 aromatic heterocycles. The highest BCUT2D eigenvalue weighted by Crippen LogP contribution is 2.31. The van der Waals surface area contributed by atoms with E-state index in [-0.39, 0.29) is 18.9 Å². The van der Waals surface area contributed by atoms with Gasteiger partial charge in [0.25, 0.3) is 5.92 Å². The van der Waals surface area contributed by atoms with Gasteiger partial charge in [-0.25, -0.2) is 13.6 Å². The van der Waals surface area contributed by atoms with Gasteiger partial charge >= 0.3 is 6.09 Å². The molecule has 2 aliphatic heterocycles. The number of alkyl halides is 2. The molecule has 162 valence electrons. The molecule has 1 amide bonds. The average molecular weight is 474 g/mol. The highest BCUT2D eigenvalue weighted by Gasteiger charge is 2.34. The maximum absolute atomic E-state index is 13.5. The van der Waals surface area contributed by atoms with Crippen LogP contribution in [0.15, 0.2) is 22.7 Å². The van der Waals surface area contributed by atoms with Crippen molar-refractivity contribution in [3.8, 4) is 0 Å². The Morgan fingerprint density at radius 1 is 1.10 bits per heavy atom. The van der Waals surface area contributed by atoms with Gasteiger partial charge < -0.3 is 14.5 Å². The molecule has 2 fully saturated rings. The fourth-order valence-corrected chi connectivity index (χ4v) is 4.13. The number of piperazine rings is 1. The summed E-state index contributed by atoms with van der Waals surface area (Å²) in [6.07, 6.45) is -0.432. The van der Waals surface area contributed by atoms with E-state index in [1.54, 1.807) is 4.90 Å². The van der Waals surface area contributed by atoms with Crippen LogP contribution < -0.4 is 4.90 Å². The van der Waals surface area contributed by atoms with Gasteiger partial charge in [-0.3, -0.25) is 4.90 Å². The summed E-state index contributed by atoms with van der Waals surface area (Å²) < 4.78 is 33.4. The predicted molar refractivity (Wildman–Crippen MR) is 114 cm³/mol. The molecule has 5 nitrogen and oxygen atoms in total. The topological polar surface area (TPSA) is 36.0 Å². The first-order chi connectivity index (χ1) is 13.5. The minimum Gasteiger partial charge on any atom is -0.444 e. The van der Waals surface area contributed by atoms with Gasteiger partial charge in [-0.1, -0.05) is 15.9 Å². The van der Waals surface area contributed by atoms with Crippen molar-refractivity contribution in [2.24, 2.45) is 0 Å². The van der Waals surface area contributed by atoms with Crippen LogP contribution in [0.1, 0.15) is 39.2 Å². The maximum Gasteiger partial charge on any atom is 0.410 e. The van der Waals surface area contributed by atoms with E-state index in [9.17, 15) is 13.6 Å². The summed E-state index contributed by atoms with van der Waals surface area (Å²) in [4.78, 5) is 18.4. The summed E-state index contributed by atoms with van der Waals surface area (Å²) in [5.74, 6) is -2.53. The van der Waals surface area contributed by atoms with Gasteiger partial charge in [0.05, 0.1) is 0 Å². The number of ether oxygens (including phenoxy) is 1. The largest absolute Gasteiger partial charge is 0.444 e. The highest BCUT2D eigenvalue weighted by atomic mass is 79.9. The smallest absolute Gasteiger partial charge is 0.410 e. The molecule has 8 heteroatoms. The molecule has 29 heavy (non-hydrogen) atoms. The molecule has 1 aromatic rings. The third-order valence-corrected chi connectivity index (χ3v) is 5.79. The Labute approximate surface area is 180 Å². The van der Waals surface area contributed by atoms with E-state index in [2.05, 4.69) is 37.9 Å². The van der Waals surface area contributed by atoms with Gasteiger partial charge in [0, 0.05) is 68.8 Å². The number of likely N-dealkylation sites (tertiary alicyclic amines) is 1. The van der Waals surface area contributed by atoms with Crippen molar-refractivity contribution < 1.29 is 18.3 Å². The molecule has 0 bridgehead atoms. The average Bonchev–Trinajstić information content (AvgIpc) is 2.62. The van der Waals surface area contributed by atoms with Crippen molar-refractivity contribution in [1.29, 1.82) is 0 Å². The first kappa shape index (κ1) is 22.3. The van der Waals surface area contributed by atoms with Crippen LogP contribution in [-0.2, 0) is 11.3 Å². The van der Waals surface area contributed by atoms with Crippen LogP contribution in [-0.4, -0.2) is 66.7 Å². The summed E-state index contributed by atoms with van der Waals surface area (Å²) in [5.41, 5.74) is 1.72. The molecular weight excluding hydrogens is 444 g/mol. The van der Waals surface area contributed by atoms with Crippen molar-refractivity contribution in [3.05, 3.63) is 28.2 Å². The van der Waals surface area contributed by atoms with Crippen LogP contribution in [0, 0.1) is 0 Å². The number of carbonyl (C=O) groups excluding carboxylic acids is 1. The van der Waals surface area contributed by atoms with E-state index in [0.717, 1.165) is 15.7 Å². The third kappa shape index (κ3) is 6.28. The number of amides is 1. The van der Waals surface area contributed by atoms with Crippen LogP contribution >= 0.6 is 15.9 Å². The molecule has 0 aliphatic carbocycles. The van der Waals surface area contributed by atoms with Crippen molar-refractivity contribution in [1.82, 2.24) is 9.80 Å². The number of rotatable bonds is 3. The van der Waals surface area contributed by atoms with Crippen LogP contribution in [0.5, 0.6) is 0 Å². The Balaban J connectivity index is 1.63. The van der Waals surface area contributed by atoms with Gasteiger partial charge in [0.1, 0.15) is 5.60 Å². The monoisotopic (exact) mass is 473 g/mol. The second-order valence-corrected chi connectivity index (χ2v) is 9.78. The first-order valence-electron chi connectivity index (χ1n) is 10.1. The molecule has 2 heterocycles. The molecule has 1 aromatic carbocycles. The van der Waals surface area contributed by atoms with E-state index in [4.69, 9.17) is 4.74 Å². The zero-order chi connectivity index (χ0) is 21.2. The second kappa shape index (κ2) is 8.76.